The number of fused-ring (bicyclic) bond motifs is 1. The van der Waals surface area contributed by atoms with Crippen LogP contribution in [0.4, 0.5) is 4.39 Å². The maximum atomic E-state index is 12.4. The highest BCUT2D eigenvalue weighted by Crippen LogP contribution is 2.25. The number of benzene rings is 1. The maximum Gasteiger partial charge on any atom is 0.240 e. The van der Waals surface area contributed by atoms with E-state index in [9.17, 15) is 12.8 Å². The lowest BCUT2D eigenvalue weighted by molar-refractivity contribution is 0.345. The summed E-state index contributed by atoms with van der Waals surface area (Å²) in [6.07, 6.45) is 1.76. The van der Waals surface area contributed by atoms with Gasteiger partial charge in [-0.25, -0.2) is 17.5 Å². The maximum absolute atomic E-state index is 12.4. The van der Waals surface area contributed by atoms with Gasteiger partial charge in [-0.3, -0.25) is 0 Å². The van der Waals surface area contributed by atoms with Gasteiger partial charge in [0.05, 0.1) is 11.2 Å². The Morgan fingerprint density at radius 3 is 3.00 bits per heavy atom. The molecule has 0 aliphatic carbocycles. The van der Waals surface area contributed by atoms with E-state index >= 15 is 0 Å². The summed E-state index contributed by atoms with van der Waals surface area (Å²) in [5.74, 6) is 0.559. The average Bonchev–Trinajstić information content (AvgIpc) is 2.39. The second-order valence-electron chi connectivity index (χ2n) is 4.33. The molecule has 104 valence electrons. The normalized spacial score (nSPS) is 17.9. The van der Waals surface area contributed by atoms with Crippen molar-refractivity contribution in [2.75, 3.05) is 13.2 Å². The Hall–Kier alpha value is -1.40. The quantitative estimate of drug-likeness (QED) is 0.922. The van der Waals surface area contributed by atoms with Gasteiger partial charge in [0, 0.05) is 6.54 Å². The Labute approximate surface area is 112 Å². The van der Waals surface area contributed by atoms with E-state index in [1.54, 1.807) is 12.1 Å². The number of hydrogen-bond acceptors (Lipinski definition) is 3. The molecule has 0 saturated carbocycles. The summed E-state index contributed by atoms with van der Waals surface area (Å²) in [5, 5.41) is 0. The zero-order chi connectivity index (χ0) is 13.9. The summed E-state index contributed by atoms with van der Waals surface area (Å²) in [6, 6.07) is 4.82. The van der Waals surface area contributed by atoms with Gasteiger partial charge in [0.25, 0.3) is 0 Å². The molecule has 19 heavy (non-hydrogen) atoms. The Morgan fingerprint density at radius 1 is 1.53 bits per heavy atom. The fraction of sp³-hybridized carbons (Fsp3) is 0.385. The Morgan fingerprint density at radius 2 is 2.32 bits per heavy atom. The van der Waals surface area contributed by atoms with Crippen molar-refractivity contribution in [1.82, 2.24) is 4.72 Å². The van der Waals surface area contributed by atoms with E-state index in [4.69, 9.17) is 4.74 Å². The summed E-state index contributed by atoms with van der Waals surface area (Å²) in [5.41, 5.74) is 1.30. The van der Waals surface area contributed by atoms with Crippen molar-refractivity contribution >= 4 is 10.0 Å². The largest absolute Gasteiger partial charge is 0.489 e. The first-order valence-electron chi connectivity index (χ1n) is 6.10. The molecule has 0 atom stereocenters. The highest BCUT2D eigenvalue weighted by Gasteiger charge is 2.22. The molecule has 0 bridgehead atoms. The topological polar surface area (TPSA) is 55.4 Å². The lowest BCUT2D eigenvalue weighted by Gasteiger charge is -2.18. The highest BCUT2D eigenvalue weighted by atomic mass is 32.2. The van der Waals surface area contributed by atoms with Crippen LogP contribution in [0, 0.1) is 0 Å². The Bertz CT molecular complexity index is 596. The SMILES string of the molecule is CC/C(=C\F)COc1ccc2c(c1)CCNS2(=O)=O. The Kier molecular flexibility index (Phi) is 4.21. The number of sulfonamides is 1. The molecule has 0 aromatic heterocycles. The van der Waals surface area contributed by atoms with Gasteiger partial charge in [-0.1, -0.05) is 6.92 Å². The molecular weight excluding hydrogens is 269 g/mol. The minimum Gasteiger partial charge on any atom is -0.489 e. The van der Waals surface area contributed by atoms with Gasteiger partial charge in [0.15, 0.2) is 0 Å². The van der Waals surface area contributed by atoms with Crippen LogP contribution < -0.4 is 9.46 Å². The molecule has 1 aromatic carbocycles. The lowest BCUT2D eigenvalue weighted by atomic mass is 10.1. The molecule has 0 fully saturated rings. The highest BCUT2D eigenvalue weighted by molar-refractivity contribution is 7.89. The standard InChI is InChI=1S/C13H16FNO3S/c1-2-10(8-14)9-18-12-3-4-13-11(7-12)5-6-15-19(13,16)17/h3-4,7-8,15H,2,5-6,9H2,1H3/b10-8+. The van der Waals surface area contributed by atoms with Gasteiger partial charge < -0.3 is 4.74 Å². The van der Waals surface area contributed by atoms with Crippen molar-refractivity contribution in [3.63, 3.8) is 0 Å². The second-order valence-corrected chi connectivity index (χ2v) is 6.06. The van der Waals surface area contributed by atoms with Gasteiger partial charge in [0.2, 0.25) is 10.0 Å². The van der Waals surface area contributed by atoms with E-state index in [2.05, 4.69) is 4.72 Å². The van der Waals surface area contributed by atoms with E-state index in [0.29, 0.717) is 41.9 Å². The molecule has 2 rings (SSSR count). The molecule has 1 heterocycles. The van der Waals surface area contributed by atoms with Gasteiger partial charge in [0.1, 0.15) is 12.4 Å². The molecule has 1 aliphatic heterocycles. The molecule has 1 aliphatic rings. The minimum atomic E-state index is -3.38. The van der Waals surface area contributed by atoms with Crippen LogP contribution >= 0.6 is 0 Å². The predicted octanol–water partition coefficient (Wildman–Crippen LogP) is 2.16. The van der Waals surface area contributed by atoms with Crippen molar-refractivity contribution in [3.05, 3.63) is 35.7 Å². The molecule has 1 N–H and O–H groups in total. The predicted molar refractivity (Wildman–Crippen MR) is 70.3 cm³/mol. The third kappa shape index (κ3) is 3.13. The third-order valence-electron chi connectivity index (χ3n) is 3.04. The number of nitrogens with one attached hydrogen (secondary N) is 1. The monoisotopic (exact) mass is 285 g/mol. The first kappa shape index (κ1) is 14.0. The van der Waals surface area contributed by atoms with Crippen molar-refractivity contribution in [1.29, 1.82) is 0 Å². The molecule has 0 amide bonds. The molecule has 0 radical (unpaired) electrons. The van der Waals surface area contributed by atoms with Crippen molar-refractivity contribution in [2.24, 2.45) is 0 Å². The molecule has 1 aromatic rings. The first-order valence-corrected chi connectivity index (χ1v) is 7.58. The summed E-state index contributed by atoms with van der Waals surface area (Å²) in [7, 11) is -3.38. The summed E-state index contributed by atoms with van der Waals surface area (Å²) < 4.78 is 43.8. The Balaban J connectivity index is 2.18. The summed E-state index contributed by atoms with van der Waals surface area (Å²) >= 11 is 0. The van der Waals surface area contributed by atoms with Crippen molar-refractivity contribution in [3.8, 4) is 5.75 Å². The number of rotatable bonds is 4. The van der Waals surface area contributed by atoms with Gasteiger partial charge in [-0.05, 0) is 42.2 Å². The van der Waals surface area contributed by atoms with E-state index in [-0.39, 0.29) is 6.61 Å². The van der Waals surface area contributed by atoms with Gasteiger partial charge >= 0.3 is 0 Å². The van der Waals surface area contributed by atoms with Crippen LogP contribution in [0.3, 0.4) is 0 Å². The van der Waals surface area contributed by atoms with Crippen LogP contribution in [0.5, 0.6) is 5.75 Å². The van der Waals surface area contributed by atoms with E-state index in [0.717, 1.165) is 5.56 Å². The van der Waals surface area contributed by atoms with E-state index < -0.39 is 10.0 Å². The van der Waals surface area contributed by atoms with Crippen LogP contribution in [0.15, 0.2) is 35.0 Å². The lowest BCUT2D eigenvalue weighted by Crippen LogP contribution is -2.31. The number of hydrogen-bond donors (Lipinski definition) is 1. The third-order valence-corrected chi connectivity index (χ3v) is 4.60. The molecule has 0 unspecified atom stereocenters. The van der Waals surface area contributed by atoms with Crippen molar-refractivity contribution < 1.29 is 17.5 Å². The molecule has 4 nitrogen and oxygen atoms in total. The van der Waals surface area contributed by atoms with Crippen LogP contribution in [-0.2, 0) is 16.4 Å². The number of halogens is 1. The fourth-order valence-electron chi connectivity index (χ4n) is 1.89. The average molecular weight is 285 g/mol. The number of ether oxygens (including phenoxy) is 1. The fourth-order valence-corrected chi connectivity index (χ4v) is 3.17. The zero-order valence-corrected chi connectivity index (χ0v) is 11.5. The van der Waals surface area contributed by atoms with E-state index in [1.807, 2.05) is 6.92 Å². The molecular formula is C13H16FNO3S. The van der Waals surface area contributed by atoms with Gasteiger partial charge in [-0.15, -0.1) is 0 Å². The molecule has 6 heteroatoms. The van der Waals surface area contributed by atoms with Crippen molar-refractivity contribution in [2.45, 2.75) is 24.7 Å². The van der Waals surface area contributed by atoms with E-state index in [1.165, 1.54) is 6.07 Å². The smallest absolute Gasteiger partial charge is 0.240 e. The van der Waals surface area contributed by atoms with Crippen LogP contribution in [0.2, 0.25) is 0 Å². The van der Waals surface area contributed by atoms with Gasteiger partial charge in [-0.2, -0.15) is 0 Å². The van der Waals surface area contributed by atoms with Crippen LogP contribution in [0.25, 0.3) is 0 Å². The molecule has 0 spiro atoms. The first-order chi connectivity index (χ1) is 9.06. The van der Waals surface area contributed by atoms with Crippen LogP contribution in [-0.4, -0.2) is 21.6 Å². The van der Waals surface area contributed by atoms with Crippen LogP contribution in [0.1, 0.15) is 18.9 Å². The molecule has 0 saturated heterocycles. The zero-order valence-electron chi connectivity index (χ0n) is 10.6. The summed E-state index contributed by atoms with van der Waals surface area (Å²) in [4.78, 5) is 0.294. The summed E-state index contributed by atoms with van der Waals surface area (Å²) in [6.45, 7) is 2.42. The minimum absolute atomic E-state index is 0.177. The second kappa shape index (κ2) is 5.71.